The van der Waals surface area contributed by atoms with Crippen molar-refractivity contribution in [1.29, 1.82) is 0 Å². The highest BCUT2D eigenvalue weighted by molar-refractivity contribution is 7.99. The zero-order chi connectivity index (χ0) is 12.0. The molecule has 0 aliphatic heterocycles. The minimum atomic E-state index is 0.0166. The predicted molar refractivity (Wildman–Crippen MR) is 70.1 cm³/mol. The van der Waals surface area contributed by atoms with Crippen molar-refractivity contribution in [3.05, 3.63) is 29.8 Å². The fourth-order valence-electron chi connectivity index (χ4n) is 1.30. The van der Waals surface area contributed by atoms with Gasteiger partial charge in [-0.3, -0.25) is 4.79 Å². The topological polar surface area (TPSA) is 29.1 Å². The molecule has 0 aliphatic carbocycles. The molecule has 88 valence electrons. The van der Waals surface area contributed by atoms with Crippen molar-refractivity contribution in [2.24, 2.45) is 0 Å². The van der Waals surface area contributed by atoms with E-state index in [0.717, 1.165) is 18.5 Å². The Bertz CT molecular complexity index is 332. The van der Waals surface area contributed by atoms with Crippen LogP contribution in [0.1, 0.15) is 37.6 Å². The lowest BCUT2D eigenvalue weighted by Gasteiger charge is -2.06. The maximum absolute atomic E-state index is 11.6. The monoisotopic (exact) mass is 237 g/mol. The Kier molecular flexibility index (Phi) is 5.39. The number of carbonyl (C=O) groups excluding carboxylic acids is 1. The number of hydrogen-bond donors (Lipinski definition) is 1. The van der Waals surface area contributed by atoms with E-state index in [1.54, 1.807) is 11.8 Å². The molecule has 0 aromatic heterocycles. The van der Waals surface area contributed by atoms with Crippen LogP contribution in [0.4, 0.5) is 0 Å². The van der Waals surface area contributed by atoms with E-state index in [9.17, 15) is 4.79 Å². The molecule has 1 N–H and O–H groups in total. The Hall–Kier alpha value is -0.960. The quantitative estimate of drug-likeness (QED) is 0.796. The van der Waals surface area contributed by atoms with Gasteiger partial charge in [0.1, 0.15) is 0 Å². The molecular formula is C13H19NOS. The molecule has 3 heteroatoms. The van der Waals surface area contributed by atoms with Gasteiger partial charge in [0.15, 0.2) is 0 Å². The summed E-state index contributed by atoms with van der Waals surface area (Å²) in [5.41, 5.74) is 0.738. The van der Waals surface area contributed by atoms with Gasteiger partial charge in [-0.1, -0.05) is 20.8 Å². The smallest absolute Gasteiger partial charge is 0.251 e. The van der Waals surface area contributed by atoms with Gasteiger partial charge in [0.25, 0.3) is 5.91 Å². The summed E-state index contributed by atoms with van der Waals surface area (Å²) in [4.78, 5) is 12.8. The number of nitrogens with one attached hydrogen (secondary N) is 1. The van der Waals surface area contributed by atoms with Crippen LogP contribution in [0, 0.1) is 0 Å². The van der Waals surface area contributed by atoms with Gasteiger partial charge in [-0.15, -0.1) is 11.8 Å². The second-order valence-electron chi connectivity index (χ2n) is 3.95. The summed E-state index contributed by atoms with van der Waals surface area (Å²) in [7, 11) is 0. The van der Waals surface area contributed by atoms with E-state index < -0.39 is 0 Å². The fraction of sp³-hybridized carbons (Fsp3) is 0.462. The fourth-order valence-corrected chi connectivity index (χ4v) is 2.14. The van der Waals surface area contributed by atoms with E-state index in [4.69, 9.17) is 0 Å². The van der Waals surface area contributed by atoms with Crippen LogP contribution in [0.5, 0.6) is 0 Å². The Morgan fingerprint density at radius 2 is 1.94 bits per heavy atom. The zero-order valence-corrected chi connectivity index (χ0v) is 10.9. The third-order valence-corrected chi connectivity index (χ3v) is 3.04. The summed E-state index contributed by atoms with van der Waals surface area (Å²) in [6, 6.07) is 7.78. The van der Waals surface area contributed by atoms with Gasteiger partial charge >= 0.3 is 0 Å². The number of thioether (sulfide) groups is 1. The van der Waals surface area contributed by atoms with Crippen molar-refractivity contribution in [1.82, 2.24) is 5.32 Å². The first-order valence-corrected chi connectivity index (χ1v) is 6.56. The molecule has 0 fully saturated rings. The molecule has 0 saturated heterocycles. The lowest BCUT2D eigenvalue weighted by atomic mass is 10.2. The highest BCUT2D eigenvalue weighted by Crippen LogP contribution is 2.22. The Balaban J connectivity index is 2.60. The van der Waals surface area contributed by atoms with Crippen LogP contribution in [0.2, 0.25) is 0 Å². The molecule has 0 unspecified atom stereocenters. The lowest BCUT2D eigenvalue weighted by molar-refractivity contribution is 0.0953. The van der Waals surface area contributed by atoms with Gasteiger partial charge in [0, 0.05) is 22.3 Å². The van der Waals surface area contributed by atoms with Crippen LogP contribution in [-0.4, -0.2) is 17.7 Å². The summed E-state index contributed by atoms with van der Waals surface area (Å²) in [6.45, 7) is 7.10. The van der Waals surface area contributed by atoms with Gasteiger partial charge in [0.05, 0.1) is 0 Å². The van der Waals surface area contributed by atoms with Gasteiger partial charge < -0.3 is 5.32 Å². The second-order valence-corrected chi connectivity index (χ2v) is 5.60. The molecule has 0 aliphatic rings. The molecule has 0 spiro atoms. The summed E-state index contributed by atoms with van der Waals surface area (Å²) < 4.78 is 0. The zero-order valence-electron chi connectivity index (χ0n) is 10.1. The first-order valence-electron chi connectivity index (χ1n) is 5.68. The number of carbonyl (C=O) groups is 1. The molecule has 1 aromatic rings. The van der Waals surface area contributed by atoms with Gasteiger partial charge in [-0.25, -0.2) is 0 Å². The number of hydrogen-bond acceptors (Lipinski definition) is 2. The van der Waals surface area contributed by atoms with E-state index in [-0.39, 0.29) is 5.91 Å². The van der Waals surface area contributed by atoms with Crippen molar-refractivity contribution < 1.29 is 4.79 Å². The molecular weight excluding hydrogens is 218 g/mol. The third kappa shape index (κ3) is 4.27. The normalized spacial score (nSPS) is 10.5. The van der Waals surface area contributed by atoms with Crippen molar-refractivity contribution >= 4 is 17.7 Å². The maximum Gasteiger partial charge on any atom is 0.251 e. The van der Waals surface area contributed by atoms with Crippen molar-refractivity contribution in [3.8, 4) is 0 Å². The standard InChI is InChI=1S/C13H19NOS/c1-4-9-14-13(15)11-5-7-12(8-6-11)16-10(2)3/h5-8,10H,4,9H2,1-3H3,(H,14,15). The van der Waals surface area contributed by atoms with E-state index >= 15 is 0 Å². The molecule has 0 heterocycles. The average Bonchev–Trinajstić information content (AvgIpc) is 2.26. The van der Waals surface area contributed by atoms with Gasteiger partial charge in [-0.05, 0) is 30.7 Å². The molecule has 1 aromatic carbocycles. The Morgan fingerprint density at radius 3 is 2.44 bits per heavy atom. The van der Waals surface area contributed by atoms with Crippen molar-refractivity contribution in [2.75, 3.05) is 6.54 Å². The highest BCUT2D eigenvalue weighted by atomic mass is 32.2. The van der Waals surface area contributed by atoms with Gasteiger partial charge in [0.2, 0.25) is 0 Å². The SMILES string of the molecule is CCCNC(=O)c1ccc(SC(C)C)cc1. The van der Waals surface area contributed by atoms with E-state index in [2.05, 4.69) is 19.2 Å². The first-order chi connectivity index (χ1) is 7.63. The lowest BCUT2D eigenvalue weighted by Crippen LogP contribution is -2.23. The number of benzene rings is 1. The van der Waals surface area contributed by atoms with E-state index in [1.807, 2.05) is 31.2 Å². The van der Waals surface area contributed by atoms with Crippen LogP contribution in [0.25, 0.3) is 0 Å². The van der Waals surface area contributed by atoms with Gasteiger partial charge in [-0.2, -0.15) is 0 Å². The minimum Gasteiger partial charge on any atom is -0.352 e. The summed E-state index contributed by atoms with van der Waals surface area (Å²) in [5, 5.41) is 3.43. The Labute approximate surface area is 102 Å². The minimum absolute atomic E-state index is 0.0166. The molecule has 2 nitrogen and oxygen atoms in total. The molecule has 0 bridgehead atoms. The van der Waals surface area contributed by atoms with Crippen LogP contribution in [-0.2, 0) is 0 Å². The average molecular weight is 237 g/mol. The number of amides is 1. The Morgan fingerprint density at radius 1 is 1.31 bits per heavy atom. The maximum atomic E-state index is 11.6. The molecule has 1 amide bonds. The van der Waals surface area contributed by atoms with E-state index in [0.29, 0.717) is 5.25 Å². The predicted octanol–water partition coefficient (Wildman–Crippen LogP) is 3.33. The van der Waals surface area contributed by atoms with E-state index in [1.165, 1.54) is 4.90 Å². The van der Waals surface area contributed by atoms with Crippen molar-refractivity contribution in [3.63, 3.8) is 0 Å². The molecule has 0 radical (unpaired) electrons. The second kappa shape index (κ2) is 6.59. The largest absolute Gasteiger partial charge is 0.352 e. The first kappa shape index (κ1) is 13.1. The summed E-state index contributed by atoms with van der Waals surface area (Å²) in [6.07, 6.45) is 0.965. The van der Waals surface area contributed by atoms with Crippen LogP contribution in [0.3, 0.4) is 0 Å². The summed E-state index contributed by atoms with van der Waals surface area (Å²) >= 11 is 1.80. The third-order valence-electron chi connectivity index (χ3n) is 2.02. The van der Waals surface area contributed by atoms with Crippen LogP contribution in [0.15, 0.2) is 29.2 Å². The number of rotatable bonds is 5. The van der Waals surface area contributed by atoms with Crippen molar-refractivity contribution in [2.45, 2.75) is 37.3 Å². The van der Waals surface area contributed by atoms with Crippen LogP contribution < -0.4 is 5.32 Å². The molecule has 1 rings (SSSR count). The summed E-state index contributed by atoms with van der Waals surface area (Å²) in [5.74, 6) is 0.0166. The molecule has 0 saturated carbocycles. The highest BCUT2D eigenvalue weighted by Gasteiger charge is 2.04. The van der Waals surface area contributed by atoms with Crippen LogP contribution >= 0.6 is 11.8 Å². The molecule has 16 heavy (non-hydrogen) atoms. The molecule has 0 atom stereocenters.